The highest BCUT2D eigenvalue weighted by Crippen LogP contribution is 2.30. The highest BCUT2D eigenvalue weighted by Gasteiger charge is 2.18. The lowest BCUT2D eigenvalue weighted by Crippen LogP contribution is -2.22. The van der Waals surface area contributed by atoms with Crippen LogP contribution in [0.15, 0.2) is 24.5 Å². The number of aromatic nitrogens is 4. The van der Waals surface area contributed by atoms with Crippen LogP contribution in [0.5, 0.6) is 5.75 Å². The number of tetrazole rings is 1. The van der Waals surface area contributed by atoms with Crippen molar-refractivity contribution in [1.29, 1.82) is 0 Å². The Morgan fingerprint density at radius 2 is 2.10 bits per heavy atom. The minimum absolute atomic E-state index is 0.000486. The molecule has 1 aromatic carbocycles. The van der Waals surface area contributed by atoms with Gasteiger partial charge in [-0.1, -0.05) is 26.8 Å². The molecule has 0 radical (unpaired) electrons. The van der Waals surface area contributed by atoms with Crippen LogP contribution >= 0.6 is 0 Å². The fourth-order valence-corrected chi connectivity index (χ4v) is 1.80. The molecule has 1 atom stereocenters. The molecule has 0 bridgehead atoms. The molecule has 21 heavy (non-hydrogen) atoms. The summed E-state index contributed by atoms with van der Waals surface area (Å²) in [6.07, 6.45) is 0.561. The molecule has 0 saturated carbocycles. The van der Waals surface area contributed by atoms with Crippen LogP contribution in [-0.2, 0) is 5.41 Å². The van der Waals surface area contributed by atoms with Crippen molar-refractivity contribution in [3.05, 3.63) is 30.1 Å². The molecule has 7 heteroatoms. The topological polar surface area (TPSA) is 93.3 Å². The fourth-order valence-electron chi connectivity index (χ4n) is 1.80. The molecular weight excluding hydrogens is 272 g/mol. The van der Waals surface area contributed by atoms with Gasteiger partial charge in [-0.15, -0.1) is 5.10 Å². The average Bonchev–Trinajstić information content (AvgIpc) is 2.97. The lowest BCUT2D eigenvalue weighted by Gasteiger charge is -2.21. The third-order valence-corrected chi connectivity index (χ3v) is 3.06. The maximum absolute atomic E-state index is 9.40. The van der Waals surface area contributed by atoms with Gasteiger partial charge in [0.05, 0.1) is 6.61 Å². The number of aliphatic hydroxyl groups is 2. The molecule has 2 rings (SSSR count). The summed E-state index contributed by atoms with van der Waals surface area (Å²) in [6, 6.07) is 5.74. The number of benzene rings is 1. The number of rotatable bonds is 5. The molecule has 1 heterocycles. The normalized spacial score (nSPS) is 13.2. The van der Waals surface area contributed by atoms with E-state index in [2.05, 4.69) is 36.3 Å². The van der Waals surface area contributed by atoms with Crippen LogP contribution < -0.4 is 4.74 Å². The second kappa shape index (κ2) is 6.19. The molecule has 0 spiro atoms. The van der Waals surface area contributed by atoms with E-state index >= 15 is 0 Å². The van der Waals surface area contributed by atoms with E-state index in [0.717, 1.165) is 5.56 Å². The minimum Gasteiger partial charge on any atom is -0.489 e. The molecule has 2 N–H and O–H groups in total. The molecule has 0 saturated heterocycles. The standard InChI is InChI=1S/C14H20N4O3/c1-14(2,3)10-4-5-13(21-8-11(20)7-19)12(6-10)18-9-15-16-17-18/h4-6,9,11,19-20H,7-8H2,1-3H3. The fraction of sp³-hybridized carbons (Fsp3) is 0.500. The summed E-state index contributed by atoms with van der Waals surface area (Å²) in [6.45, 7) is 5.99. The number of hydrogen-bond donors (Lipinski definition) is 2. The van der Waals surface area contributed by atoms with Crippen LogP contribution in [0.1, 0.15) is 26.3 Å². The van der Waals surface area contributed by atoms with Crippen molar-refractivity contribution in [1.82, 2.24) is 20.2 Å². The van der Waals surface area contributed by atoms with Crippen molar-refractivity contribution in [3.63, 3.8) is 0 Å². The zero-order chi connectivity index (χ0) is 15.5. The van der Waals surface area contributed by atoms with Crippen molar-refractivity contribution in [3.8, 4) is 11.4 Å². The van der Waals surface area contributed by atoms with Crippen molar-refractivity contribution in [2.75, 3.05) is 13.2 Å². The zero-order valence-corrected chi connectivity index (χ0v) is 12.4. The Morgan fingerprint density at radius 3 is 2.67 bits per heavy atom. The summed E-state index contributed by atoms with van der Waals surface area (Å²) in [4.78, 5) is 0. The lowest BCUT2D eigenvalue weighted by atomic mass is 9.87. The molecule has 0 aliphatic rings. The Balaban J connectivity index is 2.36. The van der Waals surface area contributed by atoms with Crippen molar-refractivity contribution < 1.29 is 14.9 Å². The van der Waals surface area contributed by atoms with Crippen LogP contribution in [0, 0.1) is 0 Å². The van der Waals surface area contributed by atoms with Crippen LogP contribution in [0.4, 0.5) is 0 Å². The van der Waals surface area contributed by atoms with Crippen molar-refractivity contribution in [2.24, 2.45) is 0 Å². The van der Waals surface area contributed by atoms with Crippen LogP contribution in [0.2, 0.25) is 0 Å². The smallest absolute Gasteiger partial charge is 0.145 e. The second-order valence-electron chi connectivity index (χ2n) is 5.83. The van der Waals surface area contributed by atoms with Gasteiger partial charge in [-0.25, -0.2) is 0 Å². The summed E-state index contributed by atoms with van der Waals surface area (Å²) in [5, 5.41) is 29.4. The summed E-state index contributed by atoms with van der Waals surface area (Å²) in [7, 11) is 0. The molecule has 0 aliphatic heterocycles. The Labute approximate surface area is 123 Å². The van der Waals surface area contributed by atoms with E-state index in [1.54, 1.807) is 0 Å². The van der Waals surface area contributed by atoms with E-state index in [9.17, 15) is 5.11 Å². The predicted octanol–water partition coefficient (Wildman–Crippen LogP) is 0.692. The van der Waals surface area contributed by atoms with Crippen molar-refractivity contribution in [2.45, 2.75) is 32.3 Å². The maximum Gasteiger partial charge on any atom is 0.145 e. The van der Waals surface area contributed by atoms with Crippen LogP contribution in [0.25, 0.3) is 5.69 Å². The molecule has 0 amide bonds. The molecule has 0 aliphatic carbocycles. The van der Waals surface area contributed by atoms with Gasteiger partial charge in [0, 0.05) is 0 Å². The quantitative estimate of drug-likeness (QED) is 0.842. The molecule has 2 aromatic rings. The van der Waals surface area contributed by atoms with Crippen LogP contribution in [0.3, 0.4) is 0 Å². The van der Waals surface area contributed by atoms with Gasteiger partial charge in [0.2, 0.25) is 0 Å². The first-order valence-electron chi connectivity index (χ1n) is 6.71. The highest BCUT2D eigenvalue weighted by atomic mass is 16.5. The van der Waals surface area contributed by atoms with E-state index in [4.69, 9.17) is 9.84 Å². The Kier molecular flexibility index (Phi) is 4.54. The molecule has 0 fully saturated rings. The number of ether oxygens (including phenoxy) is 1. The van der Waals surface area contributed by atoms with E-state index < -0.39 is 6.10 Å². The molecule has 7 nitrogen and oxygen atoms in total. The third kappa shape index (κ3) is 3.77. The van der Waals surface area contributed by atoms with Crippen LogP contribution in [-0.4, -0.2) is 49.7 Å². The Morgan fingerprint density at radius 1 is 1.33 bits per heavy atom. The predicted molar refractivity (Wildman–Crippen MR) is 76.4 cm³/mol. The molecule has 1 unspecified atom stereocenters. The van der Waals surface area contributed by atoms with Gasteiger partial charge >= 0.3 is 0 Å². The summed E-state index contributed by atoms with van der Waals surface area (Å²) >= 11 is 0. The van der Waals surface area contributed by atoms with Gasteiger partial charge < -0.3 is 14.9 Å². The monoisotopic (exact) mass is 292 g/mol. The van der Waals surface area contributed by atoms with E-state index in [-0.39, 0.29) is 18.6 Å². The largest absolute Gasteiger partial charge is 0.489 e. The van der Waals surface area contributed by atoms with Gasteiger partial charge in [-0.05, 0) is 33.5 Å². The van der Waals surface area contributed by atoms with Gasteiger partial charge in [0.15, 0.2) is 0 Å². The summed E-state index contributed by atoms with van der Waals surface area (Å²) in [5.74, 6) is 0.544. The van der Waals surface area contributed by atoms with E-state index in [0.29, 0.717) is 11.4 Å². The van der Waals surface area contributed by atoms with E-state index in [1.807, 2.05) is 18.2 Å². The highest BCUT2D eigenvalue weighted by molar-refractivity contribution is 5.49. The first kappa shape index (κ1) is 15.4. The van der Waals surface area contributed by atoms with Gasteiger partial charge in [0.1, 0.15) is 30.5 Å². The number of aliphatic hydroxyl groups excluding tert-OH is 2. The van der Waals surface area contributed by atoms with Crippen molar-refractivity contribution >= 4 is 0 Å². The number of hydrogen-bond acceptors (Lipinski definition) is 6. The molecule has 1 aromatic heterocycles. The van der Waals surface area contributed by atoms with Gasteiger partial charge in [-0.2, -0.15) is 4.68 Å². The van der Waals surface area contributed by atoms with E-state index in [1.165, 1.54) is 11.0 Å². The molecule has 114 valence electrons. The average molecular weight is 292 g/mol. The minimum atomic E-state index is -0.922. The second-order valence-corrected chi connectivity index (χ2v) is 5.83. The molecular formula is C14H20N4O3. The summed E-state index contributed by atoms with van der Waals surface area (Å²) in [5.41, 5.74) is 1.78. The zero-order valence-electron chi connectivity index (χ0n) is 12.4. The summed E-state index contributed by atoms with van der Waals surface area (Å²) < 4.78 is 7.06. The van der Waals surface area contributed by atoms with Gasteiger partial charge in [-0.3, -0.25) is 0 Å². The lowest BCUT2D eigenvalue weighted by molar-refractivity contribution is 0.0535. The van der Waals surface area contributed by atoms with Gasteiger partial charge in [0.25, 0.3) is 0 Å². The first-order valence-corrected chi connectivity index (χ1v) is 6.71. The Bertz CT molecular complexity index is 578. The first-order chi connectivity index (χ1) is 9.91. The number of nitrogens with zero attached hydrogens (tertiary/aromatic N) is 4. The third-order valence-electron chi connectivity index (χ3n) is 3.06. The Hall–Kier alpha value is -1.99. The SMILES string of the molecule is CC(C)(C)c1ccc(OCC(O)CO)c(-n2cnnn2)c1. The maximum atomic E-state index is 9.40.